The Kier molecular flexibility index (Phi) is 4.66. The molecule has 1 N–H and O–H groups in total. The Morgan fingerprint density at radius 2 is 1.94 bits per heavy atom. The minimum Gasteiger partial charge on any atom is -0.380 e. The number of hydrogen-bond donors (Lipinski definition) is 1. The fourth-order valence-corrected chi connectivity index (χ4v) is 2.72. The van der Waals surface area contributed by atoms with Gasteiger partial charge < -0.3 is 10.1 Å². The topological polar surface area (TPSA) is 21.3 Å². The first-order chi connectivity index (χ1) is 7.77. The van der Waals surface area contributed by atoms with Crippen molar-refractivity contribution in [2.45, 2.75) is 52.0 Å². The van der Waals surface area contributed by atoms with Crippen LogP contribution in [0.5, 0.6) is 0 Å². The number of ether oxygens (including phenoxy) is 1. The molecule has 0 aromatic rings. The minimum atomic E-state index is 0.730. The molecule has 2 rings (SSSR count). The van der Waals surface area contributed by atoms with E-state index in [-0.39, 0.29) is 0 Å². The van der Waals surface area contributed by atoms with E-state index >= 15 is 0 Å². The van der Waals surface area contributed by atoms with Crippen molar-refractivity contribution < 1.29 is 4.74 Å². The number of nitrogens with one attached hydrogen (secondary N) is 1. The SMILES string of the molecule is CC1CCCC(NCCOCC2CC2)C1C. The standard InChI is InChI=1S/C14H27NO/c1-11-4-3-5-14(12(11)2)15-8-9-16-10-13-6-7-13/h11-15H,3-10H2,1-2H3. The first-order valence-electron chi connectivity index (χ1n) is 7.08. The lowest BCUT2D eigenvalue weighted by molar-refractivity contribution is 0.116. The van der Waals surface area contributed by atoms with Crippen LogP contribution in [0, 0.1) is 17.8 Å². The smallest absolute Gasteiger partial charge is 0.0591 e. The van der Waals surface area contributed by atoms with Gasteiger partial charge in [0.25, 0.3) is 0 Å². The monoisotopic (exact) mass is 225 g/mol. The molecule has 0 saturated heterocycles. The highest BCUT2D eigenvalue weighted by Crippen LogP contribution is 2.29. The van der Waals surface area contributed by atoms with Crippen molar-refractivity contribution in [1.82, 2.24) is 5.32 Å². The lowest BCUT2D eigenvalue weighted by Crippen LogP contribution is -2.42. The molecule has 2 fully saturated rings. The van der Waals surface area contributed by atoms with Gasteiger partial charge in [0, 0.05) is 19.2 Å². The van der Waals surface area contributed by atoms with Crippen molar-refractivity contribution in [2.24, 2.45) is 17.8 Å². The molecule has 94 valence electrons. The minimum absolute atomic E-state index is 0.730. The predicted molar refractivity (Wildman–Crippen MR) is 67.5 cm³/mol. The van der Waals surface area contributed by atoms with Crippen molar-refractivity contribution >= 4 is 0 Å². The molecule has 2 aliphatic rings. The highest BCUT2D eigenvalue weighted by Gasteiger charge is 2.26. The Labute approximate surface area is 100 Å². The molecule has 0 bridgehead atoms. The Balaban J connectivity index is 1.53. The largest absolute Gasteiger partial charge is 0.380 e. The maximum absolute atomic E-state index is 5.65. The zero-order valence-electron chi connectivity index (χ0n) is 10.9. The van der Waals surface area contributed by atoms with Crippen molar-refractivity contribution in [1.29, 1.82) is 0 Å². The summed E-state index contributed by atoms with van der Waals surface area (Å²) >= 11 is 0. The van der Waals surface area contributed by atoms with Gasteiger partial charge in [0.1, 0.15) is 0 Å². The summed E-state index contributed by atoms with van der Waals surface area (Å²) in [5, 5.41) is 3.67. The molecule has 2 heteroatoms. The molecule has 2 aliphatic carbocycles. The van der Waals surface area contributed by atoms with Crippen LogP contribution in [0.2, 0.25) is 0 Å². The molecule has 2 saturated carbocycles. The molecule has 3 unspecified atom stereocenters. The summed E-state index contributed by atoms with van der Waals surface area (Å²) in [6.07, 6.45) is 6.95. The van der Waals surface area contributed by atoms with E-state index in [0.717, 1.165) is 43.6 Å². The van der Waals surface area contributed by atoms with Crippen LogP contribution in [0.1, 0.15) is 46.0 Å². The van der Waals surface area contributed by atoms with Crippen molar-refractivity contribution in [2.75, 3.05) is 19.8 Å². The Morgan fingerprint density at radius 3 is 2.69 bits per heavy atom. The molecule has 0 amide bonds. The van der Waals surface area contributed by atoms with E-state index in [4.69, 9.17) is 4.74 Å². The molecular formula is C14H27NO. The lowest BCUT2D eigenvalue weighted by Gasteiger charge is -2.34. The van der Waals surface area contributed by atoms with E-state index in [0.29, 0.717) is 0 Å². The van der Waals surface area contributed by atoms with Gasteiger partial charge in [-0.05, 0) is 37.0 Å². The first kappa shape index (κ1) is 12.4. The zero-order chi connectivity index (χ0) is 11.4. The molecule has 16 heavy (non-hydrogen) atoms. The Morgan fingerprint density at radius 1 is 1.12 bits per heavy atom. The molecule has 0 aromatic carbocycles. The van der Waals surface area contributed by atoms with Gasteiger partial charge >= 0.3 is 0 Å². The van der Waals surface area contributed by atoms with Crippen LogP contribution < -0.4 is 5.32 Å². The van der Waals surface area contributed by atoms with E-state index in [1.54, 1.807) is 0 Å². The third kappa shape index (κ3) is 3.74. The van der Waals surface area contributed by atoms with Crippen molar-refractivity contribution in [3.63, 3.8) is 0 Å². The second-order valence-electron chi connectivity index (χ2n) is 5.85. The molecule has 0 aliphatic heterocycles. The third-order valence-corrected chi connectivity index (χ3v) is 4.41. The van der Waals surface area contributed by atoms with Crippen molar-refractivity contribution in [3.05, 3.63) is 0 Å². The molecule has 0 heterocycles. The highest BCUT2D eigenvalue weighted by atomic mass is 16.5. The number of rotatable bonds is 6. The van der Waals surface area contributed by atoms with Gasteiger partial charge in [-0.3, -0.25) is 0 Å². The van der Waals surface area contributed by atoms with Gasteiger partial charge in [0.15, 0.2) is 0 Å². The molecule has 0 spiro atoms. The summed E-state index contributed by atoms with van der Waals surface area (Å²) in [7, 11) is 0. The number of hydrogen-bond acceptors (Lipinski definition) is 2. The zero-order valence-corrected chi connectivity index (χ0v) is 10.9. The average Bonchev–Trinajstić information content (AvgIpc) is 3.07. The molecular weight excluding hydrogens is 198 g/mol. The summed E-state index contributed by atoms with van der Waals surface area (Å²) < 4.78 is 5.65. The molecule has 0 radical (unpaired) electrons. The highest BCUT2D eigenvalue weighted by molar-refractivity contribution is 4.82. The quantitative estimate of drug-likeness (QED) is 0.702. The van der Waals surface area contributed by atoms with Crippen molar-refractivity contribution in [3.8, 4) is 0 Å². The fraction of sp³-hybridized carbons (Fsp3) is 1.00. The summed E-state index contributed by atoms with van der Waals surface area (Å²) in [5.74, 6) is 2.62. The van der Waals surface area contributed by atoms with Gasteiger partial charge in [0.2, 0.25) is 0 Å². The fourth-order valence-electron chi connectivity index (χ4n) is 2.72. The van der Waals surface area contributed by atoms with Crippen LogP contribution in [0.4, 0.5) is 0 Å². The normalized spacial score (nSPS) is 35.2. The van der Waals surface area contributed by atoms with Crippen LogP contribution in [-0.4, -0.2) is 25.8 Å². The van der Waals surface area contributed by atoms with E-state index < -0.39 is 0 Å². The van der Waals surface area contributed by atoms with Crippen LogP contribution in [0.25, 0.3) is 0 Å². The summed E-state index contributed by atoms with van der Waals surface area (Å²) in [4.78, 5) is 0. The van der Waals surface area contributed by atoms with Gasteiger partial charge in [-0.2, -0.15) is 0 Å². The average molecular weight is 225 g/mol. The van der Waals surface area contributed by atoms with Gasteiger partial charge in [-0.15, -0.1) is 0 Å². The second-order valence-corrected chi connectivity index (χ2v) is 5.85. The second kappa shape index (κ2) is 6.02. The third-order valence-electron chi connectivity index (χ3n) is 4.41. The molecule has 3 atom stereocenters. The van der Waals surface area contributed by atoms with E-state index in [9.17, 15) is 0 Å². The Hall–Kier alpha value is -0.0800. The van der Waals surface area contributed by atoms with E-state index in [1.807, 2.05) is 0 Å². The van der Waals surface area contributed by atoms with E-state index in [1.165, 1.54) is 32.1 Å². The summed E-state index contributed by atoms with van der Waals surface area (Å²) in [6, 6.07) is 0.730. The predicted octanol–water partition coefficient (Wildman–Crippen LogP) is 2.83. The maximum Gasteiger partial charge on any atom is 0.0591 e. The lowest BCUT2D eigenvalue weighted by atomic mass is 9.78. The first-order valence-corrected chi connectivity index (χ1v) is 7.08. The summed E-state index contributed by atoms with van der Waals surface area (Å²) in [6.45, 7) is 7.72. The Bertz CT molecular complexity index is 203. The van der Waals surface area contributed by atoms with Gasteiger partial charge in [-0.25, -0.2) is 0 Å². The van der Waals surface area contributed by atoms with Gasteiger partial charge in [-0.1, -0.05) is 26.7 Å². The van der Waals surface area contributed by atoms with Crippen LogP contribution in [0.3, 0.4) is 0 Å². The summed E-state index contributed by atoms with van der Waals surface area (Å²) in [5.41, 5.74) is 0. The van der Waals surface area contributed by atoms with Crippen LogP contribution in [0.15, 0.2) is 0 Å². The molecule has 0 aromatic heterocycles. The van der Waals surface area contributed by atoms with Gasteiger partial charge in [0.05, 0.1) is 6.61 Å². The van der Waals surface area contributed by atoms with Crippen LogP contribution >= 0.6 is 0 Å². The van der Waals surface area contributed by atoms with E-state index in [2.05, 4.69) is 19.2 Å². The maximum atomic E-state index is 5.65. The van der Waals surface area contributed by atoms with Crippen LogP contribution in [-0.2, 0) is 4.74 Å². The molecule has 2 nitrogen and oxygen atoms in total.